The van der Waals surface area contributed by atoms with E-state index < -0.39 is 34.5 Å². The summed E-state index contributed by atoms with van der Waals surface area (Å²) >= 11 is 0. The van der Waals surface area contributed by atoms with Gasteiger partial charge in [0, 0.05) is 5.56 Å². The number of hydrogen-bond donors (Lipinski definition) is 1. The predicted molar refractivity (Wildman–Crippen MR) is 115 cm³/mol. The van der Waals surface area contributed by atoms with E-state index in [9.17, 15) is 18.4 Å². The number of ketones is 1. The van der Waals surface area contributed by atoms with Crippen molar-refractivity contribution in [2.45, 2.75) is 72.1 Å². The third-order valence-electron chi connectivity index (χ3n) is 6.00. The summed E-state index contributed by atoms with van der Waals surface area (Å²) in [7, 11) is 0. The van der Waals surface area contributed by atoms with Crippen LogP contribution in [-0.2, 0) is 10.8 Å². The minimum atomic E-state index is -1.58. The van der Waals surface area contributed by atoms with Crippen molar-refractivity contribution in [2.24, 2.45) is 0 Å². The molecule has 0 radical (unpaired) electrons. The Hall–Kier alpha value is -2.56. The fraction of sp³-hybridized carbons (Fsp3) is 0.440. The van der Waals surface area contributed by atoms with E-state index in [1.165, 1.54) is 5.56 Å². The Morgan fingerprint density at radius 3 is 1.77 bits per heavy atom. The van der Waals surface area contributed by atoms with Crippen LogP contribution in [0.25, 0.3) is 0 Å². The second kappa shape index (κ2) is 8.29. The van der Waals surface area contributed by atoms with Crippen LogP contribution in [0.15, 0.2) is 24.3 Å². The Bertz CT molecular complexity index is 1000. The number of carbonyl (C=O) groups excluding carboxylic acids is 1. The highest BCUT2D eigenvalue weighted by molar-refractivity contribution is 6.10. The summed E-state index contributed by atoms with van der Waals surface area (Å²) in [5, 5.41) is 8.93. The molecule has 5 heteroatoms. The van der Waals surface area contributed by atoms with Gasteiger partial charge in [-0.1, -0.05) is 47.6 Å². The van der Waals surface area contributed by atoms with Crippen LogP contribution < -0.4 is 0 Å². The number of benzene rings is 2. The normalized spacial score (nSPS) is 16.2. The number of carbonyl (C=O) groups is 2. The Labute approximate surface area is 177 Å². The third-order valence-corrected chi connectivity index (χ3v) is 6.00. The largest absolute Gasteiger partial charge is 0.478 e. The highest BCUT2D eigenvalue weighted by Crippen LogP contribution is 2.46. The lowest BCUT2D eigenvalue weighted by molar-refractivity contribution is 0.0690. The zero-order chi connectivity index (χ0) is 23.0. The molecule has 3 rings (SSSR count). The molecule has 1 N–H and O–H groups in total. The number of aryl methyl sites for hydroxylation is 1. The van der Waals surface area contributed by atoms with Crippen LogP contribution in [0.1, 0.15) is 97.4 Å². The average molecular weight is 417 g/mol. The average Bonchev–Trinajstić information content (AvgIpc) is 2.68. The van der Waals surface area contributed by atoms with E-state index in [1.807, 2.05) is 19.9 Å². The van der Waals surface area contributed by atoms with Gasteiger partial charge in [-0.15, -0.1) is 0 Å². The first-order valence-electron chi connectivity index (χ1n) is 10.3. The molecule has 1 aliphatic rings. The molecule has 0 atom stereocenters. The molecule has 162 valence electrons. The molecule has 0 spiro atoms. The Kier molecular flexibility index (Phi) is 6.55. The molecule has 0 aliphatic heterocycles. The summed E-state index contributed by atoms with van der Waals surface area (Å²) < 4.78 is 28.5. The van der Waals surface area contributed by atoms with E-state index in [2.05, 4.69) is 27.7 Å². The molecule has 0 saturated heterocycles. The second-order valence-electron chi connectivity index (χ2n) is 8.90. The van der Waals surface area contributed by atoms with Gasteiger partial charge in [0.1, 0.15) is 0 Å². The SMILES string of the molecule is CC.Cc1cc2c(cc1C(=O)c1ccc(C(=O)O)c(F)c1F)C(C)(C)CCC2(C)C. The van der Waals surface area contributed by atoms with E-state index in [1.54, 1.807) is 13.0 Å². The van der Waals surface area contributed by atoms with Gasteiger partial charge < -0.3 is 5.11 Å². The number of carboxylic acid groups (broad SMARTS) is 1. The molecule has 2 aromatic carbocycles. The maximum Gasteiger partial charge on any atom is 0.338 e. The summed E-state index contributed by atoms with van der Waals surface area (Å²) in [4.78, 5) is 24.0. The van der Waals surface area contributed by atoms with E-state index in [4.69, 9.17) is 5.11 Å². The first-order chi connectivity index (χ1) is 13.9. The van der Waals surface area contributed by atoms with Gasteiger partial charge >= 0.3 is 5.97 Å². The fourth-order valence-corrected chi connectivity index (χ4v) is 4.00. The van der Waals surface area contributed by atoms with Gasteiger partial charge in [0.15, 0.2) is 17.4 Å². The van der Waals surface area contributed by atoms with Crippen LogP contribution >= 0.6 is 0 Å². The van der Waals surface area contributed by atoms with Gasteiger partial charge in [0.2, 0.25) is 0 Å². The van der Waals surface area contributed by atoms with E-state index >= 15 is 0 Å². The number of rotatable bonds is 3. The van der Waals surface area contributed by atoms with Crippen molar-refractivity contribution in [3.05, 3.63) is 69.3 Å². The van der Waals surface area contributed by atoms with Crippen LogP contribution in [0, 0.1) is 18.6 Å². The smallest absolute Gasteiger partial charge is 0.338 e. The predicted octanol–water partition coefficient (Wildman–Crippen LogP) is 6.58. The van der Waals surface area contributed by atoms with Crippen molar-refractivity contribution >= 4 is 11.8 Å². The lowest BCUT2D eigenvalue weighted by Crippen LogP contribution is -2.34. The summed E-state index contributed by atoms with van der Waals surface area (Å²) in [6.45, 7) is 14.4. The number of halogens is 2. The summed E-state index contributed by atoms with van der Waals surface area (Å²) in [5.74, 6) is -5.17. The van der Waals surface area contributed by atoms with Crippen LogP contribution in [0.3, 0.4) is 0 Å². The molecule has 0 aromatic heterocycles. The number of fused-ring (bicyclic) bond motifs is 1. The Morgan fingerprint density at radius 1 is 0.833 bits per heavy atom. The molecule has 0 heterocycles. The van der Waals surface area contributed by atoms with Crippen LogP contribution in [-0.4, -0.2) is 16.9 Å². The van der Waals surface area contributed by atoms with Gasteiger partial charge in [-0.2, -0.15) is 0 Å². The molecule has 1 aliphatic carbocycles. The minimum absolute atomic E-state index is 0.0301. The summed E-state index contributed by atoms with van der Waals surface area (Å²) in [6, 6.07) is 5.74. The van der Waals surface area contributed by atoms with Gasteiger partial charge in [-0.05, 0) is 65.5 Å². The minimum Gasteiger partial charge on any atom is -0.478 e. The molecule has 30 heavy (non-hydrogen) atoms. The van der Waals surface area contributed by atoms with Crippen LogP contribution in [0.4, 0.5) is 8.78 Å². The monoisotopic (exact) mass is 416 g/mol. The quantitative estimate of drug-likeness (QED) is 0.575. The maximum atomic E-state index is 14.4. The van der Waals surface area contributed by atoms with Crippen molar-refractivity contribution < 1.29 is 23.5 Å². The second-order valence-corrected chi connectivity index (χ2v) is 8.90. The van der Waals surface area contributed by atoms with Crippen molar-refractivity contribution in [1.29, 1.82) is 0 Å². The highest BCUT2D eigenvalue weighted by Gasteiger charge is 2.38. The van der Waals surface area contributed by atoms with E-state index in [0.29, 0.717) is 11.1 Å². The molecule has 3 nitrogen and oxygen atoms in total. The van der Waals surface area contributed by atoms with Crippen molar-refractivity contribution in [3.8, 4) is 0 Å². The lowest BCUT2D eigenvalue weighted by atomic mass is 9.62. The molecule has 2 aromatic rings. The lowest BCUT2D eigenvalue weighted by Gasteiger charge is -2.42. The summed E-state index contributed by atoms with van der Waals surface area (Å²) in [6.07, 6.45) is 1.98. The van der Waals surface area contributed by atoms with Gasteiger partial charge in [0.25, 0.3) is 0 Å². The summed E-state index contributed by atoms with van der Waals surface area (Å²) in [5.41, 5.74) is 1.80. The standard InChI is InChI=1S/C23H24F2O3.C2H6/c1-12-10-16-17(23(4,5)9-8-22(16,2)3)11-15(12)20(26)13-6-7-14(21(27)28)19(25)18(13)24;1-2/h6-7,10-11H,8-9H2,1-5H3,(H,27,28);1-2H3. The van der Waals surface area contributed by atoms with Gasteiger partial charge in [0.05, 0.1) is 11.1 Å². The van der Waals surface area contributed by atoms with E-state index in [0.717, 1.165) is 30.5 Å². The first-order valence-corrected chi connectivity index (χ1v) is 10.3. The number of aromatic carboxylic acids is 1. The van der Waals surface area contributed by atoms with Gasteiger partial charge in [-0.25, -0.2) is 13.6 Å². The molecule has 0 bridgehead atoms. The third kappa shape index (κ3) is 4.03. The molecular formula is C25H30F2O3. The molecular weight excluding hydrogens is 386 g/mol. The maximum absolute atomic E-state index is 14.4. The van der Waals surface area contributed by atoms with Crippen LogP contribution in [0.2, 0.25) is 0 Å². The number of carboxylic acids is 1. The van der Waals surface area contributed by atoms with E-state index in [-0.39, 0.29) is 10.8 Å². The van der Waals surface area contributed by atoms with Crippen LogP contribution in [0.5, 0.6) is 0 Å². The number of hydrogen-bond acceptors (Lipinski definition) is 2. The van der Waals surface area contributed by atoms with Crippen molar-refractivity contribution in [2.75, 3.05) is 0 Å². The first kappa shape index (κ1) is 23.7. The highest BCUT2D eigenvalue weighted by atomic mass is 19.2. The zero-order valence-electron chi connectivity index (χ0n) is 18.7. The molecule has 0 saturated carbocycles. The molecule has 0 amide bonds. The van der Waals surface area contributed by atoms with Crippen molar-refractivity contribution in [1.82, 2.24) is 0 Å². The molecule has 0 unspecified atom stereocenters. The molecule has 0 fully saturated rings. The fourth-order valence-electron chi connectivity index (χ4n) is 4.00. The Morgan fingerprint density at radius 2 is 1.27 bits per heavy atom. The Balaban J connectivity index is 0.00000155. The topological polar surface area (TPSA) is 54.4 Å². The zero-order valence-corrected chi connectivity index (χ0v) is 18.7. The van der Waals surface area contributed by atoms with Crippen molar-refractivity contribution in [3.63, 3.8) is 0 Å². The van der Waals surface area contributed by atoms with Gasteiger partial charge in [-0.3, -0.25) is 4.79 Å².